The third-order valence-electron chi connectivity index (χ3n) is 3.28. The molecule has 0 spiro atoms. The zero-order valence-electron chi connectivity index (χ0n) is 11.9. The first-order valence-electron chi connectivity index (χ1n) is 6.85. The van der Waals surface area contributed by atoms with E-state index in [2.05, 4.69) is 5.32 Å². The lowest BCUT2D eigenvalue weighted by Gasteiger charge is -2.09. The first kappa shape index (κ1) is 16.0. The average Bonchev–Trinajstić information content (AvgIpc) is 2.83. The number of allylic oxidation sites excluding steroid dienone is 2. The Morgan fingerprint density at radius 2 is 2.05 bits per heavy atom. The van der Waals surface area contributed by atoms with Crippen molar-refractivity contribution in [1.29, 1.82) is 5.26 Å². The van der Waals surface area contributed by atoms with Crippen LogP contribution in [-0.2, 0) is 14.6 Å². The molecular weight excluding hydrogens is 300 g/mol. The Kier molecular flexibility index (Phi) is 5.12. The molecule has 22 heavy (non-hydrogen) atoms. The molecule has 0 aliphatic carbocycles. The number of benzene rings is 1. The standard InChI is InChI=1S/C16H16N2O3S/c17-11-14(8-4-7-13-5-2-1-3-6-13)16(19)18-15-9-10-22(20,21)12-15/h1-8,15H,9-10,12H2,(H,18,19)/b7-4+,14-8+/t15-/m1/s1. The number of hydrogen-bond donors (Lipinski definition) is 1. The van der Waals surface area contributed by atoms with Crippen molar-refractivity contribution in [1.82, 2.24) is 5.32 Å². The Labute approximate surface area is 129 Å². The van der Waals surface area contributed by atoms with E-state index in [0.717, 1.165) is 5.56 Å². The van der Waals surface area contributed by atoms with Crippen LogP contribution in [0.5, 0.6) is 0 Å². The molecule has 1 amide bonds. The van der Waals surface area contributed by atoms with Gasteiger partial charge in [0.1, 0.15) is 11.6 Å². The molecule has 0 bridgehead atoms. The number of nitrogens with zero attached hydrogens (tertiary/aromatic N) is 1. The summed E-state index contributed by atoms with van der Waals surface area (Å²) in [6, 6.07) is 10.9. The molecule has 0 unspecified atom stereocenters. The number of nitrogens with one attached hydrogen (secondary N) is 1. The predicted molar refractivity (Wildman–Crippen MR) is 84.4 cm³/mol. The van der Waals surface area contributed by atoms with Gasteiger partial charge in [-0.15, -0.1) is 0 Å². The van der Waals surface area contributed by atoms with E-state index in [1.54, 1.807) is 12.2 Å². The fourth-order valence-electron chi connectivity index (χ4n) is 2.16. The highest BCUT2D eigenvalue weighted by molar-refractivity contribution is 7.91. The molecule has 1 heterocycles. The number of amides is 1. The second kappa shape index (κ2) is 7.05. The van der Waals surface area contributed by atoms with Gasteiger partial charge in [-0.25, -0.2) is 8.42 Å². The van der Waals surface area contributed by atoms with Gasteiger partial charge in [-0.1, -0.05) is 42.5 Å². The number of carbonyl (C=O) groups is 1. The van der Waals surface area contributed by atoms with Crippen LogP contribution in [0.3, 0.4) is 0 Å². The molecule has 114 valence electrons. The molecule has 1 N–H and O–H groups in total. The van der Waals surface area contributed by atoms with E-state index in [0.29, 0.717) is 6.42 Å². The van der Waals surface area contributed by atoms with Gasteiger partial charge in [0.05, 0.1) is 11.5 Å². The van der Waals surface area contributed by atoms with Crippen molar-refractivity contribution in [2.45, 2.75) is 12.5 Å². The normalized spacial score (nSPS) is 20.7. The van der Waals surface area contributed by atoms with E-state index in [9.17, 15) is 13.2 Å². The number of rotatable bonds is 4. The van der Waals surface area contributed by atoms with E-state index in [1.807, 2.05) is 36.4 Å². The van der Waals surface area contributed by atoms with Crippen LogP contribution in [0.2, 0.25) is 0 Å². The molecule has 0 radical (unpaired) electrons. The molecule has 1 aromatic carbocycles. The van der Waals surface area contributed by atoms with Gasteiger partial charge < -0.3 is 5.32 Å². The van der Waals surface area contributed by atoms with E-state index >= 15 is 0 Å². The second-order valence-corrected chi connectivity index (χ2v) is 7.26. The summed E-state index contributed by atoms with van der Waals surface area (Å²) in [7, 11) is -3.06. The molecule has 6 heteroatoms. The van der Waals surface area contributed by atoms with Gasteiger partial charge in [-0.05, 0) is 18.1 Å². The van der Waals surface area contributed by atoms with Gasteiger partial charge in [0.15, 0.2) is 9.84 Å². The van der Waals surface area contributed by atoms with Crippen molar-refractivity contribution >= 4 is 21.8 Å². The number of sulfone groups is 1. The zero-order chi connectivity index (χ0) is 16.0. The molecule has 1 fully saturated rings. The fourth-order valence-corrected chi connectivity index (χ4v) is 3.83. The third kappa shape index (κ3) is 4.57. The molecule has 0 saturated carbocycles. The van der Waals surface area contributed by atoms with E-state index in [4.69, 9.17) is 5.26 Å². The summed E-state index contributed by atoms with van der Waals surface area (Å²) in [6.07, 6.45) is 5.22. The third-order valence-corrected chi connectivity index (χ3v) is 5.05. The van der Waals surface area contributed by atoms with Crippen LogP contribution in [0.1, 0.15) is 12.0 Å². The lowest BCUT2D eigenvalue weighted by atomic mass is 10.1. The van der Waals surface area contributed by atoms with E-state index in [-0.39, 0.29) is 17.1 Å². The van der Waals surface area contributed by atoms with Crippen LogP contribution in [0.25, 0.3) is 6.08 Å². The highest BCUT2D eigenvalue weighted by Crippen LogP contribution is 2.12. The summed E-state index contributed by atoms with van der Waals surface area (Å²) in [6.45, 7) is 0. The van der Waals surface area contributed by atoms with Gasteiger partial charge in [-0.2, -0.15) is 5.26 Å². The Hall–Kier alpha value is -2.39. The lowest BCUT2D eigenvalue weighted by Crippen LogP contribution is -2.36. The molecule has 1 aliphatic rings. The molecule has 1 atom stereocenters. The van der Waals surface area contributed by atoms with Crippen LogP contribution < -0.4 is 5.32 Å². The summed E-state index contributed by atoms with van der Waals surface area (Å²) in [5.41, 5.74) is 0.912. The maximum atomic E-state index is 12.0. The van der Waals surface area contributed by atoms with Crippen molar-refractivity contribution in [3.63, 3.8) is 0 Å². The van der Waals surface area contributed by atoms with Crippen molar-refractivity contribution in [3.8, 4) is 6.07 Å². The van der Waals surface area contributed by atoms with Gasteiger partial charge in [0.2, 0.25) is 0 Å². The van der Waals surface area contributed by atoms with Crippen molar-refractivity contribution in [3.05, 3.63) is 53.6 Å². The van der Waals surface area contributed by atoms with Crippen LogP contribution in [0.15, 0.2) is 48.1 Å². The fraction of sp³-hybridized carbons (Fsp3) is 0.250. The molecule has 2 rings (SSSR count). The van der Waals surface area contributed by atoms with Crippen molar-refractivity contribution in [2.75, 3.05) is 11.5 Å². The summed E-state index contributed by atoms with van der Waals surface area (Å²) >= 11 is 0. The monoisotopic (exact) mass is 316 g/mol. The largest absolute Gasteiger partial charge is 0.348 e. The predicted octanol–water partition coefficient (Wildman–Crippen LogP) is 1.45. The first-order chi connectivity index (χ1) is 10.5. The lowest BCUT2D eigenvalue weighted by molar-refractivity contribution is -0.117. The van der Waals surface area contributed by atoms with Gasteiger partial charge in [-0.3, -0.25) is 4.79 Å². The van der Waals surface area contributed by atoms with Crippen molar-refractivity contribution < 1.29 is 13.2 Å². The molecule has 1 aromatic rings. The molecule has 0 aromatic heterocycles. The molecular formula is C16H16N2O3S. The zero-order valence-corrected chi connectivity index (χ0v) is 12.7. The molecule has 1 aliphatic heterocycles. The maximum Gasteiger partial charge on any atom is 0.262 e. The van der Waals surface area contributed by atoms with Crippen LogP contribution in [0.4, 0.5) is 0 Å². The van der Waals surface area contributed by atoms with E-state index < -0.39 is 21.8 Å². The minimum absolute atomic E-state index is 0.0449. The van der Waals surface area contributed by atoms with Crippen LogP contribution in [-0.4, -0.2) is 31.9 Å². The number of hydrogen-bond acceptors (Lipinski definition) is 4. The van der Waals surface area contributed by atoms with E-state index in [1.165, 1.54) is 6.08 Å². The summed E-state index contributed by atoms with van der Waals surface area (Å²) in [4.78, 5) is 12.0. The minimum atomic E-state index is -3.06. The summed E-state index contributed by atoms with van der Waals surface area (Å²) < 4.78 is 22.7. The number of nitriles is 1. The van der Waals surface area contributed by atoms with Gasteiger partial charge in [0, 0.05) is 6.04 Å². The Morgan fingerprint density at radius 1 is 1.32 bits per heavy atom. The first-order valence-corrected chi connectivity index (χ1v) is 8.67. The summed E-state index contributed by atoms with van der Waals surface area (Å²) in [5, 5.41) is 11.6. The second-order valence-electron chi connectivity index (χ2n) is 5.04. The van der Waals surface area contributed by atoms with Gasteiger partial charge >= 0.3 is 0 Å². The molecule has 5 nitrogen and oxygen atoms in total. The highest BCUT2D eigenvalue weighted by Gasteiger charge is 2.29. The topological polar surface area (TPSA) is 87.0 Å². The quantitative estimate of drug-likeness (QED) is 0.517. The van der Waals surface area contributed by atoms with Crippen LogP contribution >= 0.6 is 0 Å². The van der Waals surface area contributed by atoms with Crippen LogP contribution in [0, 0.1) is 11.3 Å². The number of carbonyl (C=O) groups excluding carboxylic acids is 1. The van der Waals surface area contributed by atoms with Crippen molar-refractivity contribution in [2.24, 2.45) is 0 Å². The summed E-state index contributed by atoms with van der Waals surface area (Å²) in [5.74, 6) is -0.517. The highest BCUT2D eigenvalue weighted by atomic mass is 32.2. The maximum absolute atomic E-state index is 12.0. The SMILES string of the molecule is N#C/C(=C\C=C\c1ccccc1)C(=O)N[C@@H]1CCS(=O)(=O)C1. The average molecular weight is 316 g/mol. The minimum Gasteiger partial charge on any atom is -0.348 e. The smallest absolute Gasteiger partial charge is 0.262 e. The Bertz CT molecular complexity index is 743. The molecule has 1 saturated heterocycles. The Morgan fingerprint density at radius 3 is 2.64 bits per heavy atom. The Balaban J connectivity index is 1.99. The van der Waals surface area contributed by atoms with Gasteiger partial charge in [0.25, 0.3) is 5.91 Å².